The van der Waals surface area contributed by atoms with Gasteiger partial charge in [-0.1, -0.05) is 0 Å². The van der Waals surface area contributed by atoms with Crippen LogP contribution in [0.15, 0.2) is 6.20 Å². The van der Waals surface area contributed by atoms with Crippen molar-refractivity contribution in [3.05, 3.63) is 16.3 Å². The number of nitrogens with zero attached hydrogens (tertiary/aromatic N) is 3. The molecule has 0 unspecified atom stereocenters. The van der Waals surface area contributed by atoms with E-state index in [0.29, 0.717) is 12.8 Å². The molecule has 0 radical (unpaired) electrons. The molecule has 0 amide bonds. The Morgan fingerprint density at radius 2 is 2.35 bits per heavy atom. The van der Waals surface area contributed by atoms with E-state index in [2.05, 4.69) is 10.4 Å². The fourth-order valence-electron chi connectivity index (χ4n) is 1.85. The van der Waals surface area contributed by atoms with Crippen LogP contribution in [0.5, 0.6) is 0 Å². The Bertz CT molecular complexity index is 477. The van der Waals surface area contributed by atoms with Crippen molar-refractivity contribution < 1.29 is 14.8 Å². The highest BCUT2D eigenvalue weighted by Crippen LogP contribution is 2.37. The lowest BCUT2D eigenvalue weighted by Gasteiger charge is -2.37. The van der Waals surface area contributed by atoms with Crippen LogP contribution in [0.3, 0.4) is 0 Å². The lowest BCUT2D eigenvalue weighted by atomic mass is 9.77. The largest absolute Gasteiger partial charge is 0.480 e. The zero-order chi connectivity index (χ0) is 12.6. The lowest BCUT2D eigenvalue weighted by molar-refractivity contribution is -0.384. The molecule has 0 saturated heterocycles. The van der Waals surface area contributed by atoms with Gasteiger partial charge in [-0.2, -0.15) is 0 Å². The minimum atomic E-state index is -1.10. The molecule has 1 aromatic heterocycles. The minimum Gasteiger partial charge on any atom is -0.480 e. The average molecular weight is 240 g/mol. The number of aliphatic carboxylic acids is 1. The van der Waals surface area contributed by atoms with Crippen LogP contribution in [-0.2, 0) is 11.8 Å². The molecular formula is C9H12N4O4. The number of aromatic nitrogens is 2. The van der Waals surface area contributed by atoms with Crippen molar-refractivity contribution in [2.24, 2.45) is 7.05 Å². The number of carbonyl (C=O) groups is 1. The third-order valence-electron chi connectivity index (χ3n) is 2.98. The highest BCUT2D eigenvalue weighted by molar-refractivity contribution is 5.84. The summed E-state index contributed by atoms with van der Waals surface area (Å²) in [4.78, 5) is 21.3. The Kier molecular flexibility index (Phi) is 2.49. The van der Waals surface area contributed by atoms with Gasteiger partial charge in [0, 0.05) is 7.05 Å². The zero-order valence-electron chi connectivity index (χ0n) is 9.21. The van der Waals surface area contributed by atoms with Crippen molar-refractivity contribution in [3.63, 3.8) is 0 Å². The third kappa shape index (κ3) is 1.81. The van der Waals surface area contributed by atoms with Gasteiger partial charge < -0.3 is 10.4 Å². The predicted octanol–water partition coefficient (Wildman–Crippen LogP) is 0.748. The van der Waals surface area contributed by atoms with Crippen molar-refractivity contribution in [2.45, 2.75) is 24.8 Å². The molecule has 2 N–H and O–H groups in total. The van der Waals surface area contributed by atoms with Crippen LogP contribution >= 0.6 is 0 Å². The molecule has 1 aliphatic carbocycles. The first kappa shape index (κ1) is 11.4. The summed E-state index contributed by atoms with van der Waals surface area (Å²) in [5.74, 6) is -0.983. The molecule has 0 bridgehead atoms. The van der Waals surface area contributed by atoms with Gasteiger partial charge in [0.15, 0.2) is 0 Å². The maximum atomic E-state index is 11.1. The molecule has 0 spiro atoms. The minimum absolute atomic E-state index is 0.0135. The number of anilines is 1. The van der Waals surface area contributed by atoms with Crippen LogP contribution in [0.1, 0.15) is 19.3 Å². The second kappa shape index (κ2) is 3.72. The highest BCUT2D eigenvalue weighted by Gasteiger charge is 2.46. The second-order valence-corrected chi connectivity index (χ2v) is 4.16. The van der Waals surface area contributed by atoms with Gasteiger partial charge in [0.05, 0.1) is 4.92 Å². The molecule has 8 nitrogen and oxygen atoms in total. The summed E-state index contributed by atoms with van der Waals surface area (Å²) < 4.78 is 1.29. The number of carboxylic acids is 1. The van der Waals surface area contributed by atoms with Gasteiger partial charge in [0.1, 0.15) is 11.7 Å². The molecule has 2 rings (SSSR count). The Morgan fingerprint density at radius 1 is 1.71 bits per heavy atom. The van der Waals surface area contributed by atoms with Gasteiger partial charge in [-0.25, -0.2) is 4.79 Å². The van der Waals surface area contributed by atoms with Crippen LogP contribution < -0.4 is 5.32 Å². The van der Waals surface area contributed by atoms with Crippen LogP contribution in [0, 0.1) is 10.1 Å². The Morgan fingerprint density at radius 3 is 2.76 bits per heavy atom. The number of nitro groups is 1. The van der Waals surface area contributed by atoms with Crippen LogP contribution in [0.2, 0.25) is 0 Å². The molecule has 0 atom stereocenters. The summed E-state index contributed by atoms with van der Waals surface area (Å²) >= 11 is 0. The van der Waals surface area contributed by atoms with Crippen molar-refractivity contribution in [3.8, 4) is 0 Å². The number of carboxylic acid groups (broad SMARTS) is 1. The van der Waals surface area contributed by atoms with E-state index >= 15 is 0 Å². The Hall–Kier alpha value is -2.12. The number of aryl methyl sites for hydroxylation is 1. The Balaban J connectivity index is 2.29. The quantitative estimate of drug-likeness (QED) is 0.593. The fourth-order valence-corrected chi connectivity index (χ4v) is 1.85. The summed E-state index contributed by atoms with van der Waals surface area (Å²) in [7, 11) is 1.55. The maximum absolute atomic E-state index is 11.1. The van der Waals surface area contributed by atoms with Gasteiger partial charge in [0.25, 0.3) is 0 Å². The second-order valence-electron chi connectivity index (χ2n) is 4.16. The molecule has 1 saturated carbocycles. The van der Waals surface area contributed by atoms with Crippen LogP contribution in [0.25, 0.3) is 0 Å². The van der Waals surface area contributed by atoms with Crippen LogP contribution in [-0.4, -0.2) is 31.3 Å². The molecule has 1 aliphatic rings. The first-order valence-corrected chi connectivity index (χ1v) is 5.14. The van der Waals surface area contributed by atoms with E-state index in [0.717, 1.165) is 6.42 Å². The summed E-state index contributed by atoms with van der Waals surface area (Å²) in [6.07, 6.45) is 2.95. The zero-order valence-corrected chi connectivity index (χ0v) is 9.21. The van der Waals surface area contributed by atoms with Gasteiger partial charge in [-0.05, 0) is 19.3 Å². The van der Waals surface area contributed by atoms with E-state index in [1.807, 2.05) is 0 Å². The molecule has 1 heterocycles. The van der Waals surface area contributed by atoms with Gasteiger partial charge in [-0.15, -0.1) is 5.10 Å². The number of hydrogen-bond acceptors (Lipinski definition) is 5. The summed E-state index contributed by atoms with van der Waals surface area (Å²) in [5.41, 5.74) is -1.31. The number of rotatable bonds is 4. The van der Waals surface area contributed by atoms with E-state index in [-0.39, 0.29) is 11.5 Å². The van der Waals surface area contributed by atoms with Crippen molar-refractivity contribution in [2.75, 3.05) is 5.32 Å². The van der Waals surface area contributed by atoms with E-state index in [1.165, 1.54) is 10.9 Å². The smallest absolute Gasteiger partial charge is 0.330 e. The summed E-state index contributed by atoms with van der Waals surface area (Å²) in [5, 5.41) is 26.4. The van der Waals surface area contributed by atoms with Gasteiger partial charge in [0.2, 0.25) is 5.82 Å². The third-order valence-corrected chi connectivity index (χ3v) is 2.98. The maximum Gasteiger partial charge on any atom is 0.330 e. The SMILES string of the molecule is Cn1cc([N+](=O)[O-])c(NC2(C(=O)O)CCC2)n1. The first-order valence-electron chi connectivity index (χ1n) is 5.14. The average Bonchev–Trinajstić information content (AvgIpc) is 2.52. The molecule has 0 aromatic carbocycles. The normalized spacial score (nSPS) is 17.2. The summed E-state index contributed by atoms with van der Waals surface area (Å²) in [6.45, 7) is 0. The first-order chi connectivity index (χ1) is 7.94. The van der Waals surface area contributed by atoms with Crippen molar-refractivity contribution >= 4 is 17.5 Å². The highest BCUT2D eigenvalue weighted by atomic mass is 16.6. The van der Waals surface area contributed by atoms with E-state index in [4.69, 9.17) is 5.11 Å². The Labute approximate surface area is 96.4 Å². The molecule has 1 aromatic rings. The summed E-state index contributed by atoms with van der Waals surface area (Å²) in [6, 6.07) is 0. The van der Waals surface area contributed by atoms with Gasteiger partial charge >= 0.3 is 11.7 Å². The van der Waals surface area contributed by atoms with E-state index in [9.17, 15) is 14.9 Å². The van der Waals surface area contributed by atoms with Crippen molar-refractivity contribution in [1.29, 1.82) is 0 Å². The van der Waals surface area contributed by atoms with E-state index < -0.39 is 16.4 Å². The topological polar surface area (TPSA) is 110 Å². The lowest BCUT2D eigenvalue weighted by Crippen LogP contribution is -2.52. The molecule has 0 aliphatic heterocycles. The fraction of sp³-hybridized carbons (Fsp3) is 0.556. The predicted molar refractivity (Wildman–Crippen MR) is 57.7 cm³/mol. The molecule has 17 heavy (non-hydrogen) atoms. The molecule has 1 fully saturated rings. The van der Waals surface area contributed by atoms with Crippen molar-refractivity contribution in [1.82, 2.24) is 9.78 Å². The molecular weight excluding hydrogens is 228 g/mol. The molecule has 92 valence electrons. The number of nitrogens with one attached hydrogen (secondary N) is 1. The standard InChI is InChI=1S/C9H12N4O4/c1-12-5-6(13(16)17)7(11-12)10-9(8(14)15)3-2-4-9/h5H,2-4H2,1H3,(H,10,11)(H,14,15). The monoisotopic (exact) mass is 240 g/mol. The van der Waals surface area contributed by atoms with Crippen LogP contribution in [0.4, 0.5) is 11.5 Å². The molecule has 8 heteroatoms. The van der Waals surface area contributed by atoms with E-state index in [1.54, 1.807) is 7.05 Å². The number of hydrogen-bond donors (Lipinski definition) is 2. The van der Waals surface area contributed by atoms with Gasteiger partial charge in [-0.3, -0.25) is 14.8 Å².